The topological polar surface area (TPSA) is 119 Å². The Balaban J connectivity index is 1.53. The lowest BCUT2D eigenvalue weighted by molar-refractivity contribution is -0.175. The van der Waals surface area contributed by atoms with E-state index in [1.165, 1.54) is 26.7 Å². The smallest absolute Gasteiger partial charge is 0.312 e. The Morgan fingerprint density at radius 3 is 2.21 bits per heavy atom. The number of aliphatic hydroxyl groups is 2. The quantitative estimate of drug-likeness (QED) is 0.137. The van der Waals surface area contributed by atoms with Gasteiger partial charge in [0.25, 0.3) is 0 Å². The summed E-state index contributed by atoms with van der Waals surface area (Å²) >= 11 is 0. The van der Waals surface area contributed by atoms with Crippen LogP contribution in [0.15, 0.2) is 23.3 Å². The molecule has 8 nitrogen and oxygen atoms in total. The zero-order valence-corrected chi connectivity index (χ0v) is 30.8. The summed E-state index contributed by atoms with van der Waals surface area (Å²) in [6.07, 6.45) is 6.79. The van der Waals surface area contributed by atoms with Crippen molar-refractivity contribution in [2.75, 3.05) is 14.2 Å². The molecule has 2 N–H and O–H groups in total. The number of methoxy groups -OCH3 is 2. The van der Waals surface area contributed by atoms with E-state index < -0.39 is 23.6 Å². The van der Waals surface area contributed by atoms with Crippen LogP contribution in [0.25, 0.3) is 0 Å². The van der Waals surface area contributed by atoms with Crippen LogP contribution in [-0.2, 0) is 28.6 Å². The molecule has 0 amide bonds. The van der Waals surface area contributed by atoms with Gasteiger partial charge in [-0.1, -0.05) is 64.8 Å². The molecule has 4 aliphatic carbocycles. The third-order valence-corrected chi connectivity index (χ3v) is 14.2. The van der Waals surface area contributed by atoms with Crippen LogP contribution in [0.3, 0.4) is 0 Å². The fraction of sp³-hybridized carbons (Fsp3) is 0.821. The Morgan fingerprint density at radius 2 is 1.60 bits per heavy atom. The molecule has 0 bridgehead atoms. The first-order valence-electron chi connectivity index (χ1n) is 17.8. The van der Waals surface area contributed by atoms with Gasteiger partial charge in [0, 0.05) is 10.8 Å². The SMILES string of the molecule is C=C(CC[C@@H](C)[C@H]1CC[C@@]2(C)C3=C(C[C@H](O)[C@]12C)[C@@]1(C)CC[C@@H](OC(=O)C[C@@](C)(O)CC(=O)OC)C(C)(C)C1CC3)[C@H](C)C(=O)OC. The average Bonchev–Trinajstić information content (AvgIpc) is 3.28. The number of esters is 3. The molecule has 2 fully saturated rings. The van der Waals surface area contributed by atoms with Crippen molar-refractivity contribution in [1.82, 2.24) is 0 Å². The van der Waals surface area contributed by atoms with E-state index in [-0.39, 0.29) is 58.4 Å². The van der Waals surface area contributed by atoms with Crippen molar-refractivity contribution in [3.8, 4) is 0 Å². The molecule has 8 heteroatoms. The maximum absolute atomic E-state index is 13.0. The molecule has 0 aromatic carbocycles. The molecule has 0 aliphatic heterocycles. The molecule has 10 atom stereocenters. The molecule has 47 heavy (non-hydrogen) atoms. The maximum atomic E-state index is 13.0. The van der Waals surface area contributed by atoms with Gasteiger partial charge in [-0.2, -0.15) is 0 Å². The molecule has 0 aromatic rings. The summed E-state index contributed by atoms with van der Waals surface area (Å²) in [6, 6.07) is 0. The molecule has 0 radical (unpaired) electrons. The summed E-state index contributed by atoms with van der Waals surface area (Å²) in [5.74, 6) is -0.604. The molecule has 0 spiro atoms. The Bertz CT molecular complexity index is 1280. The summed E-state index contributed by atoms with van der Waals surface area (Å²) < 4.78 is 15.7. The van der Waals surface area contributed by atoms with Gasteiger partial charge >= 0.3 is 17.9 Å². The number of fused-ring (bicyclic) bond motifs is 4. The largest absolute Gasteiger partial charge is 0.469 e. The van der Waals surface area contributed by atoms with Crippen LogP contribution in [0.1, 0.15) is 126 Å². The third kappa shape index (κ3) is 6.47. The fourth-order valence-corrected chi connectivity index (χ4v) is 11.0. The van der Waals surface area contributed by atoms with Gasteiger partial charge in [0.1, 0.15) is 6.10 Å². The molecular formula is C39H62O8. The van der Waals surface area contributed by atoms with E-state index >= 15 is 0 Å². The number of aliphatic hydroxyl groups excluding tert-OH is 1. The molecular weight excluding hydrogens is 596 g/mol. The van der Waals surface area contributed by atoms with Gasteiger partial charge in [-0.15, -0.1) is 0 Å². The number of hydrogen-bond acceptors (Lipinski definition) is 8. The number of carbonyl (C=O) groups excluding carboxylic acids is 3. The van der Waals surface area contributed by atoms with Crippen LogP contribution in [-0.4, -0.2) is 60.1 Å². The maximum Gasteiger partial charge on any atom is 0.312 e. The normalized spacial score (nSPS) is 36.9. The monoisotopic (exact) mass is 658 g/mol. The molecule has 266 valence electrons. The van der Waals surface area contributed by atoms with E-state index in [9.17, 15) is 24.6 Å². The van der Waals surface area contributed by atoms with Crippen molar-refractivity contribution in [2.45, 2.75) is 144 Å². The standard InChI is InChI=1S/C39H62O8/c1-23(25(3)34(43)46-11)12-13-24(2)26-16-19-38(8)27-14-15-29-35(4,5)31(47-33(42)22-36(6,44)21-32(41)45-10)17-18-37(29,7)28(27)20-30(40)39(26,38)9/h24-26,29-31,40,44H,1,12-22H2,2-11H3/t24-,25+,26-,29?,30+,31-,36+,37-,38+,39+/m1/s1. The summed E-state index contributed by atoms with van der Waals surface area (Å²) in [6.45, 7) is 21.4. The minimum atomic E-state index is -1.53. The van der Waals surface area contributed by atoms with Gasteiger partial charge in [-0.25, -0.2) is 0 Å². The molecule has 0 saturated heterocycles. The van der Waals surface area contributed by atoms with E-state index in [4.69, 9.17) is 9.47 Å². The molecule has 1 unspecified atom stereocenters. The summed E-state index contributed by atoms with van der Waals surface area (Å²) in [4.78, 5) is 36.8. The van der Waals surface area contributed by atoms with Crippen LogP contribution in [0.5, 0.6) is 0 Å². The first-order chi connectivity index (χ1) is 21.7. The highest BCUT2D eigenvalue weighted by Crippen LogP contribution is 2.72. The second kappa shape index (κ2) is 13.3. The van der Waals surface area contributed by atoms with Crippen molar-refractivity contribution in [2.24, 2.45) is 45.3 Å². The van der Waals surface area contributed by atoms with Gasteiger partial charge in [0.2, 0.25) is 0 Å². The minimum absolute atomic E-state index is 0.0953. The second-order valence-electron chi connectivity index (χ2n) is 17.1. The van der Waals surface area contributed by atoms with E-state index in [1.807, 2.05) is 6.92 Å². The lowest BCUT2D eigenvalue weighted by Crippen LogP contribution is -2.58. The molecule has 0 aromatic heterocycles. The lowest BCUT2D eigenvalue weighted by atomic mass is 9.42. The summed E-state index contributed by atoms with van der Waals surface area (Å²) in [5, 5.41) is 22.8. The highest BCUT2D eigenvalue weighted by atomic mass is 16.5. The Hall–Kier alpha value is -2.19. The lowest BCUT2D eigenvalue weighted by Gasteiger charge is -2.63. The van der Waals surface area contributed by atoms with E-state index in [0.29, 0.717) is 24.7 Å². The molecule has 4 rings (SSSR count). The van der Waals surface area contributed by atoms with Gasteiger partial charge in [0.15, 0.2) is 0 Å². The number of carbonyl (C=O) groups is 3. The van der Waals surface area contributed by atoms with E-state index in [1.54, 1.807) is 5.57 Å². The number of allylic oxidation sites excluding steroid dienone is 1. The number of rotatable bonds is 11. The Morgan fingerprint density at radius 1 is 0.957 bits per heavy atom. The minimum Gasteiger partial charge on any atom is -0.469 e. The Labute approximate surface area is 283 Å². The summed E-state index contributed by atoms with van der Waals surface area (Å²) in [7, 11) is 2.68. The zero-order chi connectivity index (χ0) is 35.3. The van der Waals surface area contributed by atoms with Crippen LogP contribution in [0, 0.1) is 45.3 Å². The van der Waals surface area contributed by atoms with Gasteiger partial charge in [-0.05, 0) is 100 Å². The predicted octanol–water partition coefficient (Wildman–Crippen LogP) is 7.10. The van der Waals surface area contributed by atoms with Crippen molar-refractivity contribution < 1.29 is 38.8 Å². The highest BCUT2D eigenvalue weighted by molar-refractivity contribution is 5.75. The van der Waals surface area contributed by atoms with Crippen LogP contribution >= 0.6 is 0 Å². The van der Waals surface area contributed by atoms with Crippen molar-refractivity contribution in [3.63, 3.8) is 0 Å². The highest BCUT2D eigenvalue weighted by Gasteiger charge is 2.66. The number of hydrogen-bond donors (Lipinski definition) is 2. The second-order valence-corrected chi connectivity index (χ2v) is 17.1. The van der Waals surface area contributed by atoms with Crippen LogP contribution in [0.4, 0.5) is 0 Å². The van der Waals surface area contributed by atoms with E-state index in [0.717, 1.165) is 50.5 Å². The predicted molar refractivity (Wildman–Crippen MR) is 181 cm³/mol. The van der Waals surface area contributed by atoms with Crippen LogP contribution in [0.2, 0.25) is 0 Å². The molecule has 0 heterocycles. The van der Waals surface area contributed by atoms with Crippen molar-refractivity contribution in [3.05, 3.63) is 23.3 Å². The van der Waals surface area contributed by atoms with Gasteiger partial charge < -0.3 is 24.4 Å². The molecule has 2 saturated carbocycles. The first-order valence-corrected chi connectivity index (χ1v) is 17.8. The summed E-state index contributed by atoms with van der Waals surface area (Å²) in [5.41, 5.74) is 1.63. The number of ether oxygens (including phenoxy) is 3. The molecule has 4 aliphatic rings. The Kier molecular flexibility index (Phi) is 10.6. The fourth-order valence-electron chi connectivity index (χ4n) is 11.0. The van der Waals surface area contributed by atoms with Crippen molar-refractivity contribution in [1.29, 1.82) is 0 Å². The average molecular weight is 659 g/mol. The van der Waals surface area contributed by atoms with Crippen LogP contribution < -0.4 is 0 Å². The van der Waals surface area contributed by atoms with E-state index in [2.05, 4.69) is 52.9 Å². The zero-order valence-electron chi connectivity index (χ0n) is 30.8. The van der Waals surface area contributed by atoms with Crippen molar-refractivity contribution >= 4 is 17.9 Å². The van der Waals surface area contributed by atoms with Gasteiger partial charge in [-0.3, -0.25) is 14.4 Å². The first kappa shape index (κ1) is 37.6. The third-order valence-electron chi connectivity index (χ3n) is 14.2. The van der Waals surface area contributed by atoms with Gasteiger partial charge in [0.05, 0.1) is 44.7 Å².